The van der Waals surface area contributed by atoms with Crippen molar-refractivity contribution < 1.29 is 29.1 Å². The fraction of sp³-hybridized carbons (Fsp3) is 0.848. The number of rotatable bonds is 9. The van der Waals surface area contributed by atoms with E-state index >= 15 is 0 Å². The Bertz CT molecular complexity index is 1180. The highest BCUT2D eigenvalue weighted by Gasteiger charge is 2.85. The zero-order valence-corrected chi connectivity index (χ0v) is 27.2. The van der Waals surface area contributed by atoms with E-state index in [1.807, 2.05) is 20.8 Å². The molecule has 5 amide bonds. The van der Waals surface area contributed by atoms with E-state index < -0.39 is 47.2 Å². The van der Waals surface area contributed by atoms with E-state index in [0.717, 1.165) is 38.5 Å². The first kappa shape index (κ1) is 32.7. The number of likely N-dealkylation sites (tertiary alicyclic amines) is 1. The highest BCUT2D eigenvalue weighted by atomic mass is 16.3. The first-order valence-corrected chi connectivity index (χ1v) is 16.7. The quantitative estimate of drug-likeness (QED) is 0.250. The van der Waals surface area contributed by atoms with Crippen LogP contribution < -0.4 is 21.7 Å². The van der Waals surface area contributed by atoms with Gasteiger partial charge in [-0.05, 0) is 73.5 Å². The van der Waals surface area contributed by atoms with Crippen molar-refractivity contribution in [1.29, 1.82) is 0 Å². The van der Waals surface area contributed by atoms with Gasteiger partial charge in [0.1, 0.15) is 12.1 Å². The van der Waals surface area contributed by atoms with Gasteiger partial charge in [-0.25, -0.2) is 4.79 Å². The molecule has 1 unspecified atom stereocenters. The third-order valence-corrected chi connectivity index (χ3v) is 12.5. The Morgan fingerprint density at radius 1 is 0.932 bits per heavy atom. The van der Waals surface area contributed by atoms with E-state index in [4.69, 9.17) is 5.73 Å². The molecular formula is C33H53N5O6. The number of carbonyl (C=O) groups excluding carboxylic acids is 5. The third-order valence-electron chi connectivity index (χ3n) is 12.5. The number of nitrogens with two attached hydrogens (primary N) is 1. The zero-order chi connectivity index (χ0) is 32.2. The molecule has 6 N–H and O–H groups in total. The van der Waals surface area contributed by atoms with Crippen molar-refractivity contribution in [3.8, 4) is 0 Å². The molecule has 2 spiro atoms. The molecule has 11 heteroatoms. The maximum absolute atomic E-state index is 14.5. The van der Waals surface area contributed by atoms with Crippen molar-refractivity contribution in [2.75, 3.05) is 6.54 Å². The number of amides is 5. The average Bonchev–Trinajstić information content (AvgIpc) is 3.12. The fourth-order valence-electron chi connectivity index (χ4n) is 9.19. The summed E-state index contributed by atoms with van der Waals surface area (Å²) in [5, 5.41) is 18.6. The van der Waals surface area contributed by atoms with Crippen LogP contribution in [0.25, 0.3) is 0 Å². The molecule has 44 heavy (non-hydrogen) atoms. The van der Waals surface area contributed by atoms with Crippen LogP contribution in [0.4, 0.5) is 4.79 Å². The van der Waals surface area contributed by atoms with E-state index in [2.05, 4.69) is 29.8 Å². The van der Waals surface area contributed by atoms with E-state index in [1.54, 1.807) is 4.90 Å². The van der Waals surface area contributed by atoms with E-state index in [-0.39, 0.29) is 40.2 Å². The smallest absolute Gasteiger partial charge is 0.315 e. The molecule has 0 aromatic carbocycles. The van der Waals surface area contributed by atoms with Crippen LogP contribution in [0, 0.1) is 27.6 Å². The molecule has 246 valence electrons. The summed E-state index contributed by atoms with van der Waals surface area (Å²) in [6.45, 7) is 10.6. The summed E-state index contributed by atoms with van der Waals surface area (Å²) >= 11 is 0. The molecule has 4 saturated carbocycles. The second-order valence-corrected chi connectivity index (χ2v) is 16.1. The molecule has 0 radical (unpaired) electrons. The first-order chi connectivity index (χ1) is 20.5. The largest absolute Gasteiger partial charge is 0.393 e. The van der Waals surface area contributed by atoms with Crippen molar-refractivity contribution >= 4 is 29.5 Å². The van der Waals surface area contributed by atoms with E-state index in [0.29, 0.717) is 45.1 Å². The number of ketones is 1. The third kappa shape index (κ3) is 5.51. The maximum Gasteiger partial charge on any atom is 0.315 e. The molecule has 1 saturated heterocycles. The lowest BCUT2D eigenvalue weighted by Gasteiger charge is -2.36. The number of carbonyl (C=O) groups is 5. The minimum absolute atomic E-state index is 0.0617. The van der Waals surface area contributed by atoms with Gasteiger partial charge in [-0.15, -0.1) is 0 Å². The number of urea groups is 1. The Hall–Kier alpha value is -2.69. The molecule has 1 heterocycles. The number of Topliss-reactive ketones (excluding diaryl/α,β-unsaturated/α-hetero) is 1. The number of hydrogen-bond acceptors (Lipinski definition) is 6. The number of aliphatic hydroxyl groups is 1. The van der Waals surface area contributed by atoms with Crippen molar-refractivity contribution in [1.82, 2.24) is 20.9 Å². The van der Waals surface area contributed by atoms with Crippen molar-refractivity contribution in [3.63, 3.8) is 0 Å². The molecule has 5 rings (SSSR count). The highest BCUT2D eigenvalue weighted by molar-refractivity contribution is 6.37. The normalized spacial score (nSPS) is 31.8. The first-order valence-electron chi connectivity index (χ1n) is 16.7. The van der Waals surface area contributed by atoms with Gasteiger partial charge in [0.2, 0.25) is 17.6 Å². The summed E-state index contributed by atoms with van der Waals surface area (Å²) < 4.78 is 0. The number of primary amides is 1. The molecule has 4 atom stereocenters. The monoisotopic (exact) mass is 615 g/mol. The standard InChI is InChI=1S/C33H53N5O6/c1-30(2,3)25(37-29(44)35-20-10-12-21(39)13-11-20)28(43)38-18-33(31(4,5)32(33)14-7-15-32)17-23(38)27(42)36-22(24(40)26(34)41)16-19-8-6-9-19/h19-23,25,39H,6-18H2,1-5H3,(H2,34,41)(H,36,42)(H2,35,37,44)/t20?,21?,22?,23-,25+,33+/m0/s1. The summed E-state index contributed by atoms with van der Waals surface area (Å²) in [6.07, 6.45) is 9.24. The molecule has 5 aliphatic rings. The molecule has 11 nitrogen and oxygen atoms in total. The van der Waals surface area contributed by atoms with Gasteiger partial charge in [0.25, 0.3) is 5.91 Å². The summed E-state index contributed by atoms with van der Waals surface area (Å²) in [5.74, 6) is -2.39. The van der Waals surface area contributed by atoms with Crippen molar-refractivity contribution in [3.05, 3.63) is 0 Å². The summed E-state index contributed by atoms with van der Waals surface area (Å²) in [7, 11) is 0. The van der Waals surface area contributed by atoms with Crippen LogP contribution in [-0.4, -0.2) is 76.4 Å². The topological polar surface area (TPSA) is 171 Å². The summed E-state index contributed by atoms with van der Waals surface area (Å²) in [4.78, 5) is 68.1. The lowest BCUT2D eigenvalue weighted by Crippen LogP contribution is -2.60. The predicted octanol–water partition coefficient (Wildman–Crippen LogP) is 2.53. The van der Waals surface area contributed by atoms with Gasteiger partial charge < -0.3 is 31.7 Å². The number of fused-ring (bicyclic) bond motifs is 1. The van der Waals surface area contributed by atoms with Gasteiger partial charge in [-0.2, -0.15) is 0 Å². The Kier molecular flexibility index (Phi) is 8.61. The molecule has 0 aromatic heterocycles. The van der Waals surface area contributed by atoms with Gasteiger partial charge in [-0.3, -0.25) is 19.2 Å². The van der Waals surface area contributed by atoms with Crippen LogP contribution in [0.15, 0.2) is 0 Å². The minimum atomic E-state index is -1.07. The Balaban J connectivity index is 1.38. The Morgan fingerprint density at radius 2 is 1.57 bits per heavy atom. The minimum Gasteiger partial charge on any atom is -0.393 e. The molecule has 1 aliphatic heterocycles. The van der Waals surface area contributed by atoms with Crippen molar-refractivity contribution in [2.24, 2.45) is 33.3 Å². The van der Waals surface area contributed by atoms with Crippen LogP contribution in [-0.2, 0) is 19.2 Å². The number of nitrogens with zero attached hydrogens (tertiary/aromatic N) is 1. The number of aliphatic hydroxyl groups excluding tert-OH is 1. The molecule has 5 fully saturated rings. The van der Waals surface area contributed by atoms with Crippen LogP contribution in [0.5, 0.6) is 0 Å². The Labute approximate surface area is 261 Å². The molecular weight excluding hydrogens is 562 g/mol. The van der Waals surface area contributed by atoms with Gasteiger partial charge in [0, 0.05) is 18.0 Å². The SMILES string of the molecule is CC(C)(C)[C@H](NC(=O)NC1CCC(O)CC1)C(=O)N1C[C@]2(C[C@H]1C(=O)NC(CC1CCC1)C(=O)C(N)=O)C(C)(C)C21CCC1. The lowest BCUT2D eigenvalue weighted by atomic mass is 9.73. The molecule has 0 aromatic rings. The lowest BCUT2D eigenvalue weighted by molar-refractivity contribution is -0.143. The summed E-state index contributed by atoms with van der Waals surface area (Å²) in [5.41, 5.74) is 4.48. The van der Waals surface area contributed by atoms with E-state index in [1.165, 1.54) is 0 Å². The maximum atomic E-state index is 14.5. The number of hydrogen-bond donors (Lipinski definition) is 5. The van der Waals surface area contributed by atoms with Gasteiger partial charge in [0.15, 0.2) is 0 Å². The Morgan fingerprint density at radius 3 is 2.05 bits per heavy atom. The van der Waals surface area contributed by atoms with E-state index in [9.17, 15) is 29.1 Å². The van der Waals surface area contributed by atoms with Gasteiger partial charge >= 0.3 is 6.03 Å². The zero-order valence-electron chi connectivity index (χ0n) is 27.2. The second-order valence-electron chi connectivity index (χ2n) is 16.1. The second kappa shape index (κ2) is 11.6. The van der Waals surface area contributed by atoms with Crippen LogP contribution >= 0.6 is 0 Å². The molecule has 4 aliphatic carbocycles. The summed E-state index contributed by atoms with van der Waals surface area (Å²) in [6, 6.07) is -3.27. The highest BCUT2D eigenvalue weighted by Crippen LogP contribution is 2.88. The van der Waals surface area contributed by atoms with Crippen LogP contribution in [0.2, 0.25) is 0 Å². The molecule has 0 bridgehead atoms. The van der Waals surface area contributed by atoms with Crippen LogP contribution in [0.1, 0.15) is 112 Å². The fourth-order valence-corrected chi connectivity index (χ4v) is 9.19. The van der Waals surface area contributed by atoms with Gasteiger partial charge in [0.05, 0.1) is 12.1 Å². The van der Waals surface area contributed by atoms with Gasteiger partial charge in [-0.1, -0.05) is 60.3 Å². The number of nitrogens with one attached hydrogen (secondary N) is 3. The van der Waals surface area contributed by atoms with Crippen molar-refractivity contribution in [2.45, 2.75) is 142 Å². The average molecular weight is 616 g/mol. The van der Waals surface area contributed by atoms with Crippen LogP contribution in [0.3, 0.4) is 0 Å². The predicted molar refractivity (Wildman–Crippen MR) is 164 cm³/mol.